The molecule has 1 saturated heterocycles. The van der Waals surface area contributed by atoms with E-state index in [4.69, 9.17) is 9.47 Å². The average Bonchev–Trinajstić information content (AvgIpc) is 3.37. The van der Waals surface area contributed by atoms with Crippen LogP contribution in [0.2, 0.25) is 0 Å². The Labute approximate surface area is 435 Å². The van der Waals surface area contributed by atoms with Gasteiger partial charge >= 0.3 is 0 Å². The molecule has 7 atom stereocenters. The molecule has 1 amide bonds. The lowest BCUT2D eigenvalue weighted by Crippen LogP contribution is -2.60. The molecule has 0 bridgehead atoms. The highest BCUT2D eigenvalue weighted by molar-refractivity contribution is 5.76. The van der Waals surface area contributed by atoms with E-state index in [9.17, 15) is 30.3 Å². The van der Waals surface area contributed by atoms with Gasteiger partial charge in [0.05, 0.1) is 25.4 Å². The van der Waals surface area contributed by atoms with Gasteiger partial charge in [-0.25, -0.2) is 0 Å². The first-order valence-corrected chi connectivity index (χ1v) is 29.3. The number of aliphatic hydroxyl groups excluding tert-OH is 5. The minimum atomic E-state index is -1.58. The molecule has 6 N–H and O–H groups in total. The summed E-state index contributed by atoms with van der Waals surface area (Å²) in [6, 6.07) is -0.829. The summed E-state index contributed by atoms with van der Waals surface area (Å²) < 4.78 is 11.2. The molecular formula is C62H109NO8. The summed E-state index contributed by atoms with van der Waals surface area (Å²) in [4.78, 5) is 13.0. The lowest BCUT2D eigenvalue weighted by Gasteiger charge is -2.40. The molecule has 0 aliphatic carbocycles. The van der Waals surface area contributed by atoms with Gasteiger partial charge in [-0.3, -0.25) is 4.79 Å². The van der Waals surface area contributed by atoms with E-state index in [1.807, 2.05) is 6.08 Å². The molecule has 0 radical (unpaired) electrons. The average molecular weight is 997 g/mol. The SMILES string of the molecule is CC/C=C\C/C=C\C/C=C\C/C=C\CCCCCCCCCCCCCCCCCCCCCCCCC(=O)NC(COC1OC(CO)C(O)C(O)C1O)C(O)/C=C/CC/C=C/CC/C=C/CCCCC. The second-order valence-electron chi connectivity index (χ2n) is 20.0. The molecule has 1 rings (SSSR count). The molecule has 9 heteroatoms. The molecule has 0 spiro atoms. The van der Waals surface area contributed by atoms with Crippen LogP contribution in [0.25, 0.3) is 0 Å². The van der Waals surface area contributed by atoms with Crippen LogP contribution in [0.3, 0.4) is 0 Å². The predicted octanol–water partition coefficient (Wildman–Crippen LogP) is 14.6. The minimum Gasteiger partial charge on any atom is -0.394 e. The predicted molar refractivity (Wildman–Crippen MR) is 299 cm³/mol. The van der Waals surface area contributed by atoms with E-state index in [2.05, 4.69) is 92.1 Å². The van der Waals surface area contributed by atoms with Crippen molar-refractivity contribution in [1.29, 1.82) is 0 Å². The third-order valence-electron chi connectivity index (χ3n) is 13.4. The van der Waals surface area contributed by atoms with Gasteiger partial charge in [0.25, 0.3) is 0 Å². The van der Waals surface area contributed by atoms with Gasteiger partial charge in [-0.05, 0) is 83.5 Å². The molecule has 7 unspecified atom stereocenters. The van der Waals surface area contributed by atoms with Crippen molar-refractivity contribution in [3.63, 3.8) is 0 Å². The van der Waals surface area contributed by atoms with Crippen LogP contribution in [-0.4, -0.2) is 87.5 Å². The standard InChI is InChI=1S/C62H109NO8/c1-3-5-7-9-11-13-15-17-18-19-20-21-22-23-24-25-26-27-28-29-30-31-32-33-34-35-36-37-38-40-42-44-46-48-50-52-58(66)63-55(54-70-62-61(69)60(68)59(67)57(53-64)71-62)56(65)51-49-47-45-43-41-39-16-14-12-10-8-6-4-2/h5,7,11-14,17-18,20-21,41,43,49,51,55-57,59-62,64-65,67-69H,3-4,6,8-10,15-16,19,22-40,42,44-48,50,52-54H2,1-2H3,(H,63,66)/b7-5-,13-11-,14-12+,18-17-,21-20-,43-41+,51-49+. The summed E-state index contributed by atoms with van der Waals surface area (Å²) >= 11 is 0. The normalized spacial score (nSPS) is 19.9. The van der Waals surface area contributed by atoms with Crippen LogP contribution in [-0.2, 0) is 14.3 Å². The van der Waals surface area contributed by atoms with Crippen LogP contribution >= 0.6 is 0 Å². The lowest BCUT2D eigenvalue weighted by atomic mass is 9.99. The zero-order valence-electron chi connectivity index (χ0n) is 45.5. The van der Waals surface area contributed by atoms with Crippen molar-refractivity contribution >= 4 is 5.91 Å². The van der Waals surface area contributed by atoms with Crippen LogP contribution in [0.15, 0.2) is 85.1 Å². The van der Waals surface area contributed by atoms with E-state index in [0.29, 0.717) is 6.42 Å². The highest BCUT2D eigenvalue weighted by Gasteiger charge is 2.44. The van der Waals surface area contributed by atoms with Gasteiger partial charge in [0.1, 0.15) is 24.4 Å². The smallest absolute Gasteiger partial charge is 0.220 e. The van der Waals surface area contributed by atoms with Crippen molar-refractivity contribution < 1.29 is 39.8 Å². The van der Waals surface area contributed by atoms with E-state index in [0.717, 1.165) is 77.0 Å². The van der Waals surface area contributed by atoms with Crippen molar-refractivity contribution in [2.45, 2.75) is 288 Å². The topological polar surface area (TPSA) is 149 Å². The first-order chi connectivity index (χ1) is 34.8. The summed E-state index contributed by atoms with van der Waals surface area (Å²) in [6.45, 7) is 3.61. The second kappa shape index (κ2) is 50.9. The number of carbonyl (C=O) groups excluding carboxylic acids is 1. The maximum absolute atomic E-state index is 13.0. The lowest BCUT2D eigenvalue weighted by molar-refractivity contribution is -0.302. The van der Waals surface area contributed by atoms with Crippen molar-refractivity contribution in [2.24, 2.45) is 0 Å². The fraction of sp³-hybridized carbons (Fsp3) is 0.758. The van der Waals surface area contributed by atoms with Crippen LogP contribution in [0.4, 0.5) is 0 Å². The molecule has 0 saturated carbocycles. The summed E-state index contributed by atoms with van der Waals surface area (Å²) in [5.74, 6) is -0.191. The molecule has 1 fully saturated rings. The van der Waals surface area contributed by atoms with E-state index >= 15 is 0 Å². The Morgan fingerprint density at radius 2 is 0.887 bits per heavy atom. The van der Waals surface area contributed by atoms with Gasteiger partial charge in [0.15, 0.2) is 6.29 Å². The van der Waals surface area contributed by atoms with Crippen LogP contribution < -0.4 is 5.32 Å². The number of hydrogen-bond acceptors (Lipinski definition) is 8. The summed E-state index contributed by atoms with van der Waals surface area (Å²) in [5, 5.41) is 54.3. The molecule has 0 aromatic rings. The Morgan fingerprint density at radius 1 is 0.493 bits per heavy atom. The zero-order valence-corrected chi connectivity index (χ0v) is 45.5. The second-order valence-corrected chi connectivity index (χ2v) is 20.0. The summed E-state index contributed by atoms with van der Waals surface area (Å²) in [5.41, 5.74) is 0. The van der Waals surface area contributed by atoms with Gasteiger partial charge < -0.3 is 40.3 Å². The number of allylic oxidation sites excluding steroid dienone is 13. The number of unbranched alkanes of at least 4 members (excludes halogenated alkanes) is 27. The minimum absolute atomic E-state index is 0.191. The molecule has 0 aromatic heterocycles. The Morgan fingerprint density at radius 3 is 1.35 bits per heavy atom. The fourth-order valence-electron chi connectivity index (χ4n) is 8.83. The highest BCUT2D eigenvalue weighted by atomic mass is 16.7. The van der Waals surface area contributed by atoms with Crippen molar-refractivity contribution in [1.82, 2.24) is 5.32 Å². The molecule has 0 aromatic carbocycles. The third-order valence-corrected chi connectivity index (χ3v) is 13.4. The van der Waals surface area contributed by atoms with E-state index in [1.165, 1.54) is 148 Å². The zero-order chi connectivity index (χ0) is 51.5. The van der Waals surface area contributed by atoms with Gasteiger partial charge in [0.2, 0.25) is 5.91 Å². The van der Waals surface area contributed by atoms with Crippen LogP contribution in [0, 0.1) is 0 Å². The largest absolute Gasteiger partial charge is 0.394 e. The summed E-state index contributed by atoms with van der Waals surface area (Å²) in [6.07, 6.45) is 65.3. The first-order valence-electron chi connectivity index (χ1n) is 29.3. The van der Waals surface area contributed by atoms with Crippen molar-refractivity contribution in [3.8, 4) is 0 Å². The fourth-order valence-corrected chi connectivity index (χ4v) is 8.83. The van der Waals surface area contributed by atoms with Crippen LogP contribution in [0.1, 0.15) is 245 Å². The van der Waals surface area contributed by atoms with E-state index in [-0.39, 0.29) is 12.5 Å². The van der Waals surface area contributed by atoms with Gasteiger partial charge in [-0.1, -0.05) is 240 Å². The Bertz CT molecular complexity index is 1390. The molecule has 71 heavy (non-hydrogen) atoms. The number of amides is 1. The molecule has 1 heterocycles. The first kappa shape index (κ1) is 66.4. The maximum Gasteiger partial charge on any atom is 0.220 e. The maximum atomic E-state index is 13.0. The molecular weight excluding hydrogens is 887 g/mol. The number of carbonyl (C=O) groups is 1. The quantitative estimate of drug-likeness (QED) is 0.0261. The molecule has 410 valence electrons. The van der Waals surface area contributed by atoms with Crippen molar-refractivity contribution in [2.75, 3.05) is 13.2 Å². The monoisotopic (exact) mass is 996 g/mol. The Hall–Kier alpha value is -2.63. The number of ether oxygens (including phenoxy) is 2. The van der Waals surface area contributed by atoms with Crippen LogP contribution in [0.5, 0.6) is 0 Å². The van der Waals surface area contributed by atoms with Gasteiger partial charge in [-0.2, -0.15) is 0 Å². The van der Waals surface area contributed by atoms with Gasteiger partial charge in [0, 0.05) is 6.42 Å². The van der Waals surface area contributed by atoms with Crippen molar-refractivity contribution in [3.05, 3.63) is 85.1 Å². The molecule has 1 aliphatic rings. The third kappa shape index (κ3) is 40.4. The number of hydrogen-bond donors (Lipinski definition) is 6. The highest BCUT2D eigenvalue weighted by Crippen LogP contribution is 2.23. The number of rotatable bonds is 49. The van der Waals surface area contributed by atoms with E-state index < -0.39 is 49.5 Å². The number of aliphatic hydroxyl groups is 5. The Kier molecular flexibility index (Phi) is 47.6. The number of nitrogens with one attached hydrogen (secondary N) is 1. The van der Waals surface area contributed by atoms with E-state index in [1.54, 1.807) is 6.08 Å². The Balaban J connectivity index is 2.10. The van der Waals surface area contributed by atoms with Gasteiger partial charge in [-0.15, -0.1) is 0 Å². The molecule has 9 nitrogen and oxygen atoms in total. The molecule has 1 aliphatic heterocycles. The summed E-state index contributed by atoms with van der Waals surface area (Å²) in [7, 11) is 0.